The first kappa shape index (κ1) is 23.6. The summed E-state index contributed by atoms with van der Waals surface area (Å²) >= 11 is 6.55. The third kappa shape index (κ3) is 5.20. The van der Waals surface area contributed by atoms with Crippen molar-refractivity contribution in [2.24, 2.45) is 0 Å². The Morgan fingerprint density at radius 1 is 1.34 bits per heavy atom. The van der Waals surface area contributed by atoms with Crippen molar-refractivity contribution < 1.29 is 9.47 Å². The predicted octanol–water partition coefficient (Wildman–Crippen LogP) is 2.52. The molecule has 2 aromatic rings. The fourth-order valence-corrected chi connectivity index (χ4v) is 3.72. The first-order valence-electron chi connectivity index (χ1n) is 10.3. The molecule has 9 heteroatoms. The van der Waals surface area contributed by atoms with E-state index in [1.807, 2.05) is 13.0 Å². The van der Waals surface area contributed by atoms with Crippen molar-refractivity contribution in [1.29, 1.82) is 5.41 Å². The second-order valence-electron chi connectivity index (χ2n) is 7.79. The van der Waals surface area contributed by atoms with Gasteiger partial charge in [-0.05, 0) is 57.7 Å². The molecular formula is C23H27ClN4O4. The van der Waals surface area contributed by atoms with Crippen LogP contribution in [-0.4, -0.2) is 29.0 Å². The number of H-pyrrole nitrogens is 2. The maximum Gasteiger partial charge on any atom is 0.326 e. The van der Waals surface area contributed by atoms with E-state index in [9.17, 15) is 9.59 Å². The molecule has 32 heavy (non-hydrogen) atoms. The Kier molecular flexibility index (Phi) is 7.37. The minimum atomic E-state index is -0.661. The van der Waals surface area contributed by atoms with Gasteiger partial charge in [-0.2, -0.15) is 0 Å². The molecule has 1 fully saturated rings. The second kappa shape index (κ2) is 10.0. The molecule has 3 rings (SSSR count). The molecule has 0 radical (unpaired) electrons. The van der Waals surface area contributed by atoms with E-state index < -0.39 is 11.2 Å². The first-order chi connectivity index (χ1) is 15.2. The quantitative estimate of drug-likeness (QED) is 0.496. The number of aryl methyl sites for hydroxylation is 1. The van der Waals surface area contributed by atoms with Gasteiger partial charge in [-0.1, -0.05) is 23.8 Å². The summed E-state index contributed by atoms with van der Waals surface area (Å²) in [7, 11) is 0. The fourth-order valence-electron chi connectivity index (χ4n) is 3.53. The fraction of sp³-hybridized carbons (Fsp3) is 0.348. The van der Waals surface area contributed by atoms with Gasteiger partial charge < -0.3 is 25.2 Å². The first-order valence-corrected chi connectivity index (χ1v) is 10.7. The van der Waals surface area contributed by atoms with Crippen molar-refractivity contribution in [2.75, 3.05) is 11.9 Å². The number of benzene rings is 1. The van der Waals surface area contributed by atoms with Gasteiger partial charge in [-0.3, -0.25) is 9.78 Å². The zero-order chi connectivity index (χ0) is 23.4. The number of allylic oxidation sites excluding steroid dienone is 1. The van der Waals surface area contributed by atoms with Gasteiger partial charge in [-0.15, -0.1) is 0 Å². The normalized spacial score (nSPS) is 17.6. The van der Waals surface area contributed by atoms with E-state index in [2.05, 4.69) is 21.9 Å². The van der Waals surface area contributed by atoms with Crippen molar-refractivity contribution >= 4 is 35.3 Å². The SMILES string of the molecule is C=C(C)/C=c1/c(=O)[nH]c(=O)[nH]/c1=C(/C)Oc1c(Cl)c(C)cc(NC2CCCCO2)c1C=N. The summed E-state index contributed by atoms with van der Waals surface area (Å²) in [6.07, 6.45) is 5.48. The molecule has 1 atom stereocenters. The summed E-state index contributed by atoms with van der Waals surface area (Å²) in [4.78, 5) is 29.1. The smallest absolute Gasteiger partial charge is 0.326 e. The number of halogens is 1. The zero-order valence-electron chi connectivity index (χ0n) is 18.4. The molecule has 0 spiro atoms. The highest BCUT2D eigenvalue weighted by molar-refractivity contribution is 6.33. The van der Waals surface area contributed by atoms with Crippen LogP contribution in [0.2, 0.25) is 5.02 Å². The minimum absolute atomic E-state index is 0.165. The van der Waals surface area contributed by atoms with Crippen LogP contribution in [0.4, 0.5) is 5.69 Å². The highest BCUT2D eigenvalue weighted by atomic mass is 35.5. The van der Waals surface area contributed by atoms with Gasteiger partial charge in [0.1, 0.15) is 12.0 Å². The number of aromatic amines is 2. The van der Waals surface area contributed by atoms with E-state index in [4.69, 9.17) is 26.5 Å². The molecule has 0 saturated carbocycles. The Morgan fingerprint density at radius 3 is 2.72 bits per heavy atom. The topological polar surface area (TPSA) is 120 Å². The van der Waals surface area contributed by atoms with Crippen LogP contribution < -0.4 is 31.9 Å². The Morgan fingerprint density at radius 2 is 2.09 bits per heavy atom. The summed E-state index contributed by atoms with van der Waals surface area (Å²) in [5.41, 5.74) is 1.24. The number of nitrogens with one attached hydrogen (secondary N) is 4. The van der Waals surface area contributed by atoms with Gasteiger partial charge >= 0.3 is 5.69 Å². The zero-order valence-corrected chi connectivity index (χ0v) is 19.1. The van der Waals surface area contributed by atoms with Crippen LogP contribution >= 0.6 is 11.6 Å². The largest absolute Gasteiger partial charge is 0.457 e. The van der Waals surface area contributed by atoms with Gasteiger partial charge in [0, 0.05) is 18.5 Å². The molecule has 8 nitrogen and oxygen atoms in total. The molecule has 0 bridgehead atoms. The maximum absolute atomic E-state index is 12.4. The average Bonchev–Trinajstić information content (AvgIpc) is 2.74. The van der Waals surface area contributed by atoms with Gasteiger partial charge in [0.25, 0.3) is 5.56 Å². The van der Waals surface area contributed by atoms with Crippen LogP contribution in [0.5, 0.6) is 5.75 Å². The number of hydrogen-bond donors (Lipinski definition) is 4. The molecule has 1 aliphatic heterocycles. The molecule has 170 valence electrons. The lowest BCUT2D eigenvalue weighted by molar-refractivity contribution is 0.0343. The molecule has 0 aliphatic carbocycles. The van der Waals surface area contributed by atoms with Crippen LogP contribution in [0.15, 0.2) is 27.8 Å². The monoisotopic (exact) mass is 458 g/mol. The average molecular weight is 459 g/mol. The highest BCUT2D eigenvalue weighted by Gasteiger charge is 2.20. The summed E-state index contributed by atoms with van der Waals surface area (Å²) < 4.78 is 11.8. The third-order valence-corrected chi connectivity index (χ3v) is 5.53. The summed E-state index contributed by atoms with van der Waals surface area (Å²) in [6, 6.07) is 1.85. The lowest BCUT2D eigenvalue weighted by Gasteiger charge is -2.26. The Labute approximate surface area is 190 Å². The minimum Gasteiger partial charge on any atom is -0.457 e. The molecule has 1 aromatic heterocycles. The molecule has 0 amide bonds. The van der Waals surface area contributed by atoms with Crippen molar-refractivity contribution in [3.8, 4) is 5.75 Å². The number of aromatic nitrogens is 2. The number of rotatable bonds is 6. The van der Waals surface area contributed by atoms with E-state index >= 15 is 0 Å². The number of anilines is 1. The number of ether oxygens (including phenoxy) is 2. The van der Waals surface area contributed by atoms with Crippen LogP contribution in [0.3, 0.4) is 0 Å². The lowest BCUT2D eigenvalue weighted by Crippen LogP contribution is -2.49. The Bertz CT molecular complexity index is 1290. The van der Waals surface area contributed by atoms with E-state index in [0.29, 0.717) is 28.5 Å². The number of hydrogen-bond acceptors (Lipinski definition) is 6. The molecule has 1 aliphatic rings. The van der Waals surface area contributed by atoms with E-state index in [-0.39, 0.29) is 28.3 Å². The van der Waals surface area contributed by atoms with Crippen LogP contribution in [-0.2, 0) is 4.74 Å². The van der Waals surface area contributed by atoms with Gasteiger partial charge in [0.15, 0.2) is 5.75 Å². The Balaban J connectivity index is 2.17. The molecule has 1 unspecified atom stereocenters. The third-order valence-electron chi connectivity index (χ3n) is 5.06. The summed E-state index contributed by atoms with van der Waals surface area (Å²) in [5.74, 6) is 0.496. The standard InChI is InChI=1S/C23H27ClN4O4/c1-12(2)9-15-20(27-23(30)28-22(15)29)14(4)32-21-16(11-25)17(10-13(3)19(21)24)26-18-7-5-6-8-31-18/h9-11,18,25-26H,1,5-8H2,2-4H3,(H2,27,28,29,30)/b15-9+,20-14-,25-11?. The van der Waals surface area contributed by atoms with E-state index in [0.717, 1.165) is 31.0 Å². The van der Waals surface area contributed by atoms with Crippen LogP contribution in [0.25, 0.3) is 11.8 Å². The maximum atomic E-state index is 12.4. The molecule has 1 saturated heterocycles. The van der Waals surface area contributed by atoms with Gasteiger partial charge in [0.05, 0.1) is 21.2 Å². The molecule has 2 heterocycles. The van der Waals surface area contributed by atoms with Crippen molar-refractivity contribution in [1.82, 2.24) is 9.97 Å². The van der Waals surface area contributed by atoms with Crippen molar-refractivity contribution in [2.45, 2.75) is 46.3 Å². The summed E-state index contributed by atoms with van der Waals surface area (Å²) in [5, 5.41) is 12.1. The van der Waals surface area contributed by atoms with Crippen LogP contribution in [0.1, 0.15) is 44.2 Å². The summed E-state index contributed by atoms with van der Waals surface area (Å²) in [6.45, 7) is 9.66. The van der Waals surface area contributed by atoms with Crippen molar-refractivity contribution in [3.63, 3.8) is 0 Å². The van der Waals surface area contributed by atoms with E-state index in [1.54, 1.807) is 19.9 Å². The van der Waals surface area contributed by atoms with Gasteiger partial charge in [0.2, 0.25) is 0 Å². The highest BCUT2D eigenvalue weighted by Crippen LogP contribution is 2.38. The molecule has 1 aromatic carbocycles. The second-order valence-corrected chi connectivity index (χ2v) is 8.17. The van der Waals surface area contributed by atoms with Gasteiger partial charge in [-0.25, -0.2) is 4.79 Å². The lowest BCUT2D eigenvalue weighted by atomic mass is 10.1. The van der Waals surface area contributed by atoms with Crippen LogP contribution in [0, 0.1) is 12.3 Å². The molecule has 4 N–H and O–H groups in total. The Hall–Kier alpha value is -3.10. The predicted molar refractivity (Wildman–Crippen MR) is 127 cm³/mol. The molecular weight excluding hydrogens is 432 g/mol. The van der Waals surface area contributed by atoms with E-state index in [1.165, 1.54) is 0 Å². The van der Waals surface area contributed by atoms with Crippen molar-refractivity contribution in [3.05, 3.63) is 65.8 Å².